The second-order valence-corrected chi connectivity index (χ2v) is 9.96. The summed E-state index contributed by atoms with van der Waals surface area (Å²) in [5, 5.41) is 10.6. The fourth-order valence-electron chi connectivity index (χ4n) is 4.86. The third-order valence-corrected chi connectivity index (χ3v) is 7.16. The first-order valence-electron chi connectivity index (χ1n) is 11.6. The molecule has 5 atom stereocenters. The molecule has 33 heavy (non-hydrogen) atoms. The molecule has 1 N–H and O–H groups in total. The molecule has 0 spiro atoms. The highest BCUT2D eigenvalue weighted by Crippen LogP contribution is 2.48. The van der Waals surface area contributed by atoms with E-state index in [0.29, 0.717) is 28.4 Å². The minimum atomic E-state index is -1.06. The van der Waals surface area contributed by atoms with Gasteiger partial charge in [0.1, 0.15) is 12.2 Å². The molecule has 2 aromatic carbocycles. The molecule has 1 saturated carbocycles. The van der Waals surface area contributed by atoms with E-state index in [0.717, 1.165) is 24.0 Å². The largest absolute Gasteiger partial charge is 0.481 e. The molecule has 1 heterocycles. The predicted octanol–water partition coefficient (Wildman–Crippen LogP) is 6.30. The van der Waals surface area contributed by atoms with E-state index in [2.05, 4.69) is 6.92 Å². The van der Waals surface area contributed by atoms with E-state index in [4.69, 9.17) is 27.9 Å². The van der Waals surface area contributed by atoms with Crippen molar-refractivity contribution in [3.63, 3.8) is 0 Å². The van der Waals surface area contributed by atoms with Crippen molar-refractivity contribution in [2.24, 2.45) is 11.8 Å². The molecular formula is C26H29Cl2NO4. The van der Waals surface area contributed by atoms with Gasteiger partial charge in [0.25, 0.3) is 5.91 Å². The summed E-state index contributed by atoms with van der Waals surface area (Å²) >= 11 is 12.4. The number of carboxylic acids is 1. The van der Waals surface area contributed by atoms with Gasteiger partial charge in [0, 0.05) is 16.6 Å². The molecule has 1 amide bonds. The summed E-state index contributed by atoms with van der Waals surface area (Å²) in [6, 6.07) is 14.4. The fraction of sp³-hybridized carbons (Fsp3) is 0.462. The van der Waals surface area contributed by atoms with Crippen molar-refractivity contribution in [2.45, 2.75) is 57.3 Å². The van der Waals surface area contributed by atoms with Crippen LogP contribution in [0.4, 0.5) is 0 Å². The van der Waals surface area contributed by atoms with Crippen LogP contribution in [-0.4, -0.2) is 34.5 Å². The van der Waals surface area contributed by atoms with Crippen LogP contribution in [0.1, 0.15) is 62.3 Å². The van der Waals surface area contributed by atoms with E-state index in [-0.39, 0.29) is 12.3 Å². The lowest BCUT2D eigenvalue weighted by Crippen LogP contribution is -2.52. The maximum atomic E-state index is 13.5. The first kappa shape index (κ1) is 24.1. The summed E-state index contributed by atoms with van der Waals surface area (Å²) in [6.45, 7) is 2.78. The van der Waals surface area contributed by atoms with Crippen LogP contribution in [0.5, 0.6) is 0 Å². The normalized spacial score (nSPS) is 26.9. The Labute approximate surface area is 204 Å². The van der Waals surface area contributed by atoms with Gasteiger partial charge in [-0.15, -0.1) is 0 Å². The molecule has 2 aliphatic rings. The van der Waals surface area contributed by atoms with Crippen molar-refractivity contribution in [2.75, 3.05) is 6.54 Å². The highest BCUT2D eigenvalue weighted by atomic mass is 35.5. The minimum absolute atomic E-state index is 0.267. The van der Waals surface area contributed by atoms with Crippen LogP contribution in [0.2, 0.25) is 10.0 Å². The molecule has 1 saturated heterocycles. The average Bonchev–Trinajstić information content (AvgIpc) is 3.53. The molecule has 1 aliphatic carbocycles. The smallest absolute Gasteiger partial charge is 0.306 e. The molecule has 176 valence electrons. The quantitative estimate of drug-likeness (QED) is 0.448. The number of morpholine rings is 1. The first-order chi connectivity index (χ1) is 15.9. The molecule has 7 heteroatoms. The van der Waals surface area contributed by atoms with Gasteiger partial charge < -0.3 is 14.7 Å². The Bertz CT molecular complexity index is 996. The van der Waals surface area contributed by atoms with Crippen LogP contribution in [-0.2, 0) is 14.3 Å². The van der Waals surface area contributed by atoms with Gasteiger partial charge in [-0.3, -0.25) is 9.59 Å². The summed E-state index contributed by atoms with van der Waals surface area (Å²) < 4.78 is 6.21. The van der Waals surface area contributed by atoms with Crippen molar-refractivity contribution >= 4 is 35.1 Å². The van der Waals surface area contributed by atoms with E-state index in [1.807, 2.05) is 35.2 Å². The number of hydrogen-bond donors (Lipinski definition) is 1. The molecular weight excluding hydrogens is 461 g/mol. The Kier molecular flexibility index (Phi) is 7.62. The predicted molar refractivity (Wildman–Crippen MR) is 128 cm³/mol. The number of carbonyl (C=O) groups is 2. The molecule has 5 unspecified atom stereocenters. The SMILES string of the molecule is CCCCC1CC1CN1C(=O)C(CC(=O)O)OC(c2cccc(Cl)c2)C1c1ccc(Cl)cc1. The Morgan fingerprint density at radius 1 is 1.09 bits per heavy atom. The number of halogens is 2. The highest BCUT2D eigenvalue weighted by molar-refractivity contribution is 6.30. The Hall–Kier alpha value is -2.08. The van der Waals surface area contributed by atoms with Crippen LogP contribution >= 0.6 is 23.2 Å². The number of carboxylic acid groups (broad SMARTS) is 1. The fourth-order valence-corrected chi connectivity index (χ4v) is 5.18. The van der Waals surface area contributed by atoms with Crippen LogP contribution < -0.4 is 0 Å². The van der Waals surface area contributed by atoms with Crippen molar-refractivity contribution in [1.29, 1.82) is 0 Å². The second-order valence-electron chi connectivity index (χ2n) is 9.08. The molecule has 0 aromatic heterocycles. The third-order valence-electron chi connectivity index (χ3n) is 6.67. The lowest BCUT2D eigenvalue weighted by Gasteiger charge is -2.45. The lowest BCUT2D eigenvalue weighted by atomic mass is 9.91. The van der Waals surface area contributed by atoms with Gasteiger partial charge in [0.15, 0.2) is 0 Å². The second kappa shape index (κ2) is 10.5. The number of hydrogen-bond acceptors (Lipinski definition) is 3. The summed E-state index contributed by atoms with van der Waals surface area (Å²) in [4.78, 5) is 26.9. The number of rotatable bonds is 9. The van der Waals surface area contributed by atoms with Gasteiger partial charge in [-0.05, 0) is 53.6 Å². The number of carbonyl (C=O) groups excluding carboxylic acids is 1. The Morgan fingerprint density at radius 2 is 1.85 bits per heavy atom. The maximum absolute atomic E-state index is 13.5. The van der Waals surface area contributed by atoms with Crippen molar-refractivity contribution < 1.29 is 19.4 Å². The van der Waals surface area contributed by atoms with E-state index in [1.165, 1.54) is 12.8 Å². The van der Waals surface area contributed by atoms with Gasteiger partial charge in [0.2, 0.25) is 0 Å². The van der Waals surface area contributed by atoms with Gasteiger partial charge >= 0.3 is 5.97 Å². The highest BCUT2D eigenvalue weighted by Gasteiger charge is 2.48. The van der Waals surface area contributed by atoms with Gasteiger partial charge in [-0.1, -0.05) is 73.7 Å². The van der Waals surface area contributed by atoms with Gasteiger partial charge in [0.05, 0.1) is 12.5 Å². The lowest BCUT2D eigenvalue weighted by molar-refractivity contribution is -0.179. The third kappa shape index (κ3) is 5.71. The zero-order valence-corrected chi connectivity index (χ0v) is 20.1. The van der Waals surface area contributed by atoms with E-state index < -0.39 is 24.2 Å². The molecule has 2 fully saturated rings. The molecule has 2 aromatic rings. The number of amides is 1. The minimum Gasteiger partial charge on any atom is -0.481 e. The summed E-state index contributed by atoms with van der Waals surface area (Å²) in [7, 11) is 0. The standard InChI is InChI=1S/C26H29Cl2NO4/c1-2-3-5-17-12-19(17)15-29-24(16-8-10-20(27)11-9-16)25(18-6-4-7-21(28)13-18)33-22(26(29)32)14-23(30)31/h4,6-11,13,17,19,22,24-25H,2-3,5,12,14-15H2,1H3,(H,30,31). The number of nitrogens with zero attached hydrogens (tertiary/aromatic N) is 1. The van der Waals surface area contributed by atoms with Crippen LogP contribution in [0.15, 0.2) is 48.5 Å². The maximum Gasteiger partial charge on any atom is 0.306 e. The molecule has 1 aliphatic heterocycles. The summed E-state index contributed by atoms with van der Waals surface area (Å²) in [5.41, 5.74) is 1.71. The number of benzene rings is 2. The summed E-state index contributed by atoms with van der Waals surface area (Å²) in [6.07, 6.45) is 2.66. The molecule has 0 radical (unpaired) electrons. The van der Waals surface area contributed by atoms with Gasteiger partial charge in [-0.2, -0.15) is 0 Å². The zero-order valence-electron chi connectivity index (χ0n) is 18.6. The molecule has 5 nitrogen and oxygen atoms in total. The van der Waals surface area contributed by atoms with E-state index in [9.17, 15) is 14.7 Å². The van der Waals surface area contributed by atoms with Crippen molar-refractivity contribution in [3.8, 4) is 0 Å². The topological polar surface area (TPSA) is 66.8 Å². The van der Waals surface area contributed by atoms with Crippen LogP contribution in [0, 0.1) is 11.8 Å². The average molecular weight is 490 g/mol. The van der Waals surface area contributed by atoms with Crippen LogP contribution in [0.25, 0.3) is 0 Å². The first-order valence-corrected chi connectivity index (χ1v) is 12.3. The van der Waals surface area contributed by atoms with Crippen molar-refractivity contribution in [1.82, 2.24) is 4.90 Å². The zero-order chi connectivity index (χ0) is 23.5. The monoisotopic (exact) mass is 489 g/mol. The molecule has 4 rings (SSSR count). The van der Waals surface area contributed by atoms with Gasteiger partial charge in [-0.25, -0.2) is 0 Å². The van der Waals surface area contributed by atoms with Crippen LogP contribution in [0.3, 0.4) is 0 Å². The summed E-state index contributed by atoms with van der Waals surface area (Å²) in [5.74, 6) is -0.278. The van der Waals surface area contributed by atoms with Crippen molar-refractivity contribution in [3.05, 3.63) is 69.7 Å². The molecule has 0 bridgehead atoms. The van der Waals surface area contributed by atoms with E-state index >= 15 is 0 Å². The number of aliphatic carboxylic acids is 1. The van der Waals surface area contributed by atoms with E-state index in [1.54, 1.807) is 18.2 Å². The number of ether oxygens (including phenoxy) is 1. The Morgan fingerprint density at radius 3 is 2.52 bits per heavy atom. The number of unbranched alkanes of at least 4 members (excludes halogenated alkanes) is 1. The Balaban J connectivity index is 1.71.